The first-order chi connectivity index (χ1) is 7.67. The zero-order valence-electron chi connectivity index (χ0n) is 9.14. The van der Waals surface area contributed by atoms with Crippen LogP contribution in [0.25, 0.3) is 0 Å². The van der Waals surface area contributed by atoms with E-state index in [1.54, 1.807) is 24.3 Å². The van der Waals surface area contributed by atoms with Gasteiger partial charge in [-0.15, -0.1) is 0 Å². The van der Waals surface area contributed by atoms with E-state index in [0.29, 0.717) is 0 Å². The fourth-order valence-electron chi connectivity index (χ4n) is 1.23. The minimum Gasteiger partial charge on any atom is -0.508 e. The van der Waals surface area contributed by atoms with E-state index in [9.17, 15) is 9.90 Å². The average Bonchev–Trinajstić information content (AvgIpc) is 2.27. The topological polar surface area (TPSA) is 68.1 Å². The number of methoxy groups -OCH3 is 1. The van der Waals surface area contributed by atoms with Crippen molar-refractivity contribution in [1.29, 1.82) is 0 Å². The Kier molecular flexibility index (Phi) is 4.32. The third-order valence-electron chi connectivity index (χ3n) is 1.90. The lowest BCUT2D eigenvalue weighted by atomic mass is 10.1. The molecule has 1 rings (SSSR count). The molecule has 0 saturated carbocycles. The van der Waals surface area contributed by atoms with Gasteiger partial charge in [-0.1, -0.05) is 17.3 Å². The fraction of sp³-hybridized carbons (Fsp3) is 0.273. The zero-order valence-corrected chi connectivity index (χ0v) is 9.14. The molecule has 0 spiro atoms. The van der Waals surface area contributed by atoms with Crippen LogP contribution < -0.4 is 0 Å². The maximum atomic E-state index is 11.3. The molecule has 1 N–H and O–H groups in total. The number of hydrogen-bond donors (Lipinski definition) is 1. The molecule has 5 nitrogen and oxygen atoms in total. The van der Waals surface area contributed by atoms with Gasteiger partial charge in [-0.3, -0.25) is 0 Å². The molecule has 0 radical (unpaired) electrons. The molecular formula is C11H13NO4. The molecule has 16 heavy (non-hydrogen) atoms. The highest BCUT2D eigenvalue weighted by Gasteiger charge is 2.13. The Hall–Kier alpha value is -2.04. The van der Waals surface area contributed by atoms with Crippen LogP contribution in [-0.4, -0.2) is 31.0 Å². The molecule has 1 aromatic carbocycles. The third-order valence-corrected chi connectivity index (χ3v) is 1.90. The molecule has 0 aliphatic rings. The van der Waals surface area contributed by atoms with Crippen molar-refractivity contribution in [3.63, 3.8) is 0 Å². The highest BCUT2D eigenvalue weighted by atomic mass is 16.6. The Morgan fingerprint density at radius 1 is 1.44 bits per heavy atom. The molecule has 0 unspecified atom stereocenters. The third kappa shape index (κ3) is 3.27. The fourth-order valence-corrected chi connectivity index (χ4v) is 1.23. The van der Waals surface area contributed by atoms with Gasteiger partial charge in [0.05, 0.1) is 7.11 Å². The Balaban J connectivity index is 2.84. The Morgan fingerprint density at radius 2 is 2.19 bits per heavy atom. The molecule has 0 saturated heterocycles. The van der Waals surface area contributed by atoms with Crippen LogP contribution in [0.1, 0.15) is 5.56 Å². The monoisotopic (exact) mass is 223 g/mol. The number of phenolic OH excluding ortho intramolecular Hbond substituents is 1. The van der Waals surface area contributed by atoms with Gasteiger partial charge in [-0.05, 0) is 17.7 Å². The predicted molar refractivity (Wildman–Crippen MR) is 58.3 cm³/mol. The van der Waals surface area contributed by atoms with Gasteiger partial charge in [0, 0.05) is 6.42 Å². The number of esters is 1. The average molecular weight is 223 g/mol. The summed E-state index contributed by atoms with van der Waals surface area (Å²) in [6.07, 6.45) is 0.245. The lowest BCUT2D eigenvalue weighted by Crippen LogP contribution is -2.18. The number of oxime groups is 1. The predicted octanol–water partition coefficient (Wildman–Crippen LogP) is 1.11. The van der Waals surface area contributed by atoms with Crippen LogP contribution in [0.5, 0.6) is 5.75 Å². The maximum Gasteiger partial charge on any atom is 0.356 e. The van der Waals surface area contributed by atoms with Crippen LogP contribution in [0.2, 0.25) is 0 Å². The van der Waals surface area contributed by atoms with Gasteiger partial charge in [0.1, 0.15) is 12.9 Å². The van der Waals surface area contributed by atoms with Gasteiger partial charge in [0.15, 0.2) is 5.71 Å². The summed E-state index contributed by atoms with van der Waals surface area (Å²) in [5, 5.41) is 12.8. The van der Waals surface area contributed by atoms with E-state index in [2.05, 4.69) is 14.7 Å². The van der Waals surface area contributed by atoms with Crippen LogP contribution in [0.15, 0.2) is 29.4 Å². The van der Waals surface area contributed by atoms with Gasteiger partial charge in [0.25, 0.3) is 0 Å². The first-order valence-corrected chi connectivity index (χ1v) is 4.63. The number of ether oxygens (including phenoxy) is 1. The summed E-state index contributed by atoms with van der Waals surface area (Å²) in [6.45, 7) is 0. The number of aromatic hydroxyl groups is 1. The van der Waals surface area contributed by atoms with Gasteiger partial charge in [-0.2, -0.15) is 0 Å². The van der Waals surface area contributed by atoms with E-state index in [4.69, 9.17) is 0 Å². The van der Waals surface area contributed by atoms with Crippen LogP contribution in [0, 0.1) is 0 Å². The SMILES string of the molecule is CON=C(Cc1cccc(O)c1)C(=O)OC. The Labute approximate surface area is 93.3 Å². The van der Waals surface area contributed by atoms with E-state index in [-0.39, 0.29) is 17.9 Å². The number of phenols is 1. The first-order valence-electron chi connectivity index (χ1n) is 4.63. The summed E-state index contributed by atoms with van der Waals surface area (Å²) in [5.41, 5.74) is 0.900. The van der Waals surface area contributed by atoms with Gasteiger partial charge in [0.2, 0.25) is 0 Å². The second-order valence-electron chi connectivity index (χ2n) is 3.06. The Morgan fingerprint density at radius 3 is 2.75 bits per heavy atom. The number of carbonyl (C=O) groups excluding carboxylic acids is 1. The standard InChI is InChI=1S/C11H13NO4/c1-15-11(14)10(12-16-2)7-8-4-3-5-9(13)6-8/h3-6,13H,7H2,1-2H3. The van der Waals surface area contributed by atoms with Crippen molar-refractivity contribution in [2.24, 2.45) is 5.16 Å². The van der Waals surface area contributed by atoms with Crippen molar-refractivity contribution in [2.45, 2.75) is 6.42 Å². The summed E-state index contributed by atoms with van der Waals surface area (Å²) in [4.78, 5) is 15.8. The molecule has 0 amide bonds. The molecule has 0 aliphatic heterocycles. The highest BCUT2D eigenvalue weighted by Crippen LogP contribution is 2.12. The van der Waals surface area contributed by atoms with Gasteiger partial charge < -0.3 is 14.7 Å². The van der Waals surface area contributed by atoms with Crippen molar-refractivity contribution in [3.05, 3.63) is 29.8 Å². The summed E-state index contributed by atoms with van der Waals surface area (Å²) in [7, 11) is 2.63. The molecule has 1 aromatic rings. The number of carbonyl (C=O) groups is 1. The summed E-state index contributed by atoms with van der Waals surface area (Å²) in [5.74, 6) is -0.413. The van der Waals surface area contributed by atoms with Crippen LogP contribution in [0.4, 0.5) is 0 Å². The van der Waals surface area contributed by atoms with Crippen LogP contribution in [0.3, 0.4) is 0 Å². The van der Waals surface area contributed by atoms with E-state index < -0.39 is 5.97 Å². The molecule has 0 aliphatic carbocycles. The second kappa shape index (κ2) is 5.75. The summed E-state index contributed by atoms with van der Waals surface area (Å²) < 4.78 is 4.56. The van der Waals surface area contributed by atoms with Gasteiger partial charge >= 0.3 is 5.97 Å². The maximum absolute atomic E-state index is 11.3. The summed E-state index contributed by atoms with van der Waals surface area (Å²) in [6, 6.07) is 6.56. The second-order valence-corrected chi connectivity index (χ2v) is 3.06. The molecule has 0 fully saturated rings. The normalized spacial score (nSPS) is 11.0. The zero-order chi connectivity index (χ0) is 12.0. The van der Waals surface area contributed by atoms with E-state index in [1.165, 1.54) is 14.2 Å². The van der Waals surface area contributed by atoms with Crippen molar-refractivity contribution >= 4 is 11.7 Å². The van der Waals surface area contributed by atoms with E-state index >= 15 is 0 Å². The largest absolute Gasteiger partial charge is 0.508 e. The highest BCUT2D eigenvalue weighted by molar-refractivity contribution is 6.36. The van der Waals surface area contributed by atoms with Crippen molar-refractivity contribution < 1.29 is 19.5 Å². The lowest BCUT2D eigenvalue weighted by Gasteiger charge is -2.04. The summed E-state index contributed by atoms with van der Waals surface area (Å²) >= 11 is 0. The molecule has 0 atom stereocenters. The number of nitrogens with zero attached hydrogens (tertiary/aromatic N) is 1. The van der Waals surface area contributed by atoms with Crippen molar-refractivity contribution in [3.8, 4) is 5.75 Å². The van der Waals surface area contributed by atoms with Gasteiger partial charge in [-0.25, -0.2) is 4.79 Å². The molecule has 86 valence electrons. The van der Waals surface area contributed by atoms with E-state index in [1.807, 2.05) is 0 Å². The number of rotatable bonds is 4. The Bertz CT molecular complexity index is 401. The molecular weight excluding hydrogens is 210 g/mol. The van der Waals surface area contributed by atoms with Crippen molar-refractivity contribution in [2.75, 3.05) is 14.2 Å². The van der Waals surface area contributed by atoms with Crippen LogP contribution >= 0.6 is 0 Å². The quantitative estimate of drug-likeness (QED) is 0.471. The molecule has 0 heterocycles. The first kappa shape index (κ1) is 12.0. The minimum atomic E-state index is -0.551. The van der Waals surface area contributed by atoms with Crippen LogP contribution in [-0.2, 0) is 20.8 Å². The molecule has 0 bridgehead atoms. The van der Waals surface area contributed by atoms with E-state index in [0.717, 1.165) is 5.56 Å². The number of hydrogen-bond acceptors (Lipinski definition) is 5. The van der Waals surface area contributed by atoms with Crippen molar-refractivity contribution in [1.82, 2.24) is 0 Å². The number of benzene rings is 1. The molecule has 5 heteroatoms. The smallest absolute Gasteiger partial charge is 0.356 e. The lowest BCUT2D eigenvalue weighted by molar-refractivity contribution is -0.133. The molecule has 0 aromatic heterocycles. The minimum absolute atomic E-state index is 0.138.